The molecule has 1 aromatic rings. The molecule has 6 heteroatoms. The molecule has 2 rings (SSSR count). The first-order valence-electron chi connectivity index (χ1n) is 6.41. The topological polar surface area (TPSA) is 75.6 Å². The standard InChI is InChI=1S/C14H16INO4/c15-11-3-1-9(2-4-11)7-12(14(18)19)16-13(17)10-5-6-20-8-10/h1-4,10,12H,5-8H2,(H,16,17)(H,18,19)/t10-,12-/m0/s1. The maximum atomic E-state index is 11.9. The maximum Gasteiger partial charge on any atom is 0.326 e. The smallest absolute Gasteiger partial charge is 0.326 e. The second-order valence-electron chi connectivity index (χ2n) is 4.79. The Morgan fingerprint density at radius 1 is 1.40 bits per heavy atom. The number of benzene rings is 1. The molecule has 108 valence electrons. The van der Waals surface area contributed by atoms with Gasteiger partial charge in [0, 0.05) is 16.6 Å². The molecule has 1 fully saturated rings. The molecule has 5 nitrogen and oxygen atoms in total. The van der Waals surface area contributed by atoms with Gasteiger partial charge in [0.1, 0.15) is 6.04 Å². The highest BCUT2D eigenvalue weighted by Gasteiger charge is 2.28. The lowest BCUT2D eigenvalue weighted by atomic mass is 10.0. The third kappa shape index (κ3) is 4.17. The number of hydrogen-bond acceptors (Lipinski definition) is 3. The minimum atomic E-state index is -1.02. The van der Waals surface area contributed by atoms with Crippen LogP contribution < -0.4 is 5.32 Å². The summed E-state index contributed by atoms with van der Waals surface area (Å²) in [6.45, 7) is 0.939. The van der Waals surface area contributed by atoms with Crippen LogP contribution in [0.25, 0.3) is 0 Å². The number of aliphatic carboxylic acids is 1. The lowest BCUT2D eigenvalue weighted by Gasteiger charge is -2.17. The van der Waals surface area contributed by atoms with Crippen molar-refractivity contribution in [1.29, 1.82) is 0 Å². The van der Waals surface area contributed by atoms with Crippen molar-refractivity contribution in [2.75, 3.05) is 13.2 Å². The molecule has 0 spiro atoms. The van der Waals surface area contributed by atoms with Crippen LogP contribution >= 0.6 is 22.6 Å². The molecule has 0 unspecified atom stereocenters. The van der Waals surface area contributed by atoms with Crippen LogP contribution in [0.3, 0.4) is 0 Å². The molecular formula is C14H16INO4. The first-order chi connectivity index (χ1) is 9.56. The van der Waals surface area contributed by atoms with Crippen LogP contribution in [-0.2, 0) is 20.7 Å². The summed E-state index contributed by atoms with van der Waals surface area (Å²) in [5.41, 5.74) is 0.890. The van der Waals surface area contributed by atoms with Crippen LogP contribution in [-0.4, -0.2) is 36.2 Å². The lowest BCUT2D eigenvalue weighted by Crippen LogP contribution is -2.45. The van der Waals surface area contributed by atoms with Gasteiger partial charge < -0.3 is 15.2 Å². The zero-order valence-corrected chi connectivity index (χ0v) is 13.0. The van der Waals surface area contributed by atoms with Gasteiger partial charge in [-0.05, 0) is 46.7 Å². The Hall–Kier alpha value is -1.15. The van der Waals surface area contributed by atoms with Crippen LogP contribution in [0.2, 0.25) is 0 Å². The minimum absolute atomic E-state index is 0.228. The number of hydrogen-bond donors (Lipinski definition) is 2. The van der Waals surface area contributed by atoms with E-state index in [0.717, 1.165) is 9.13 Å². The van der Waals surface area contributed by atoms with Gasteiger partial charge in [0.05, 0.1) is 12.5 Å². The lowest BCUT2D eigenvalue weighted by molar-refractivity contribution is -0.142. The summed E-state index contributed by atoms with van der Waals surface area (Å²) in [7, 11) is 0. The van der Waals surface area contributed by atoms with E-state index in [9.17, 15) is 14.7 Å². The summed E-state index contributed by atoms with van der Waals surface area (Å²) in [4.78, 5) is 23.2. The number of nitrogens with one attached hydrogen (secondary N) is 1. The van der Waals surface area contributed by atoms with E-state index in [1.165, 1.54) is 0 Å². The van der Waals surface area contributed by atoms with Crippen molar-refractivity contribution in [2.45, 2.75) is 18.9 Å². The van der Waals surface area contributed by atoms with E-state index < -0.39 is 12.0 Å². The molecule has 1 heterocycles. The average molecular weight is 389 g/mol. The highest BCUT2D eigenvalue weighted by atomic mass is 127. The van der Waals surface area contributed by atoms with Gasteiger partial charge in [-0.3, -0.25) is 4.79 Å². The predicted molar refractivity (Wildman–Crippen MR) is 81.4 cm³/mol. The first kappa shape index (κ1) is 15.2. The van der Waals surface area contributed by atoms with Gasteiger partial charge in [0.25, 0.3) is 0 Å². The van der Waals surface area contributed by atoms with Gasteiger partial charge in [-0.15, -0.1) is 0 Å². The normalized spacial score (nSPS) is 19.6. The summed E-state index contributed by atoms with van der Waals surface area (Å²) in [6, 6.07) is 6.69. The monoisotopic (exact) mass is 389 g/mol. The van der Waals surface area contributed by atoms with E-state index in [2.05, 4.69) is 27.9 Å². The first-order valence-corrected chi connectivity index (χ1v) is 7.49. The average Bonchev–Trinajstić information content (AvgIpc) is 2.94. The van der Waals surface area contributed by atoms with Gasteiger partial charge in [0.2, 0.25) is 5.91 Å². The van der Waals surface area contributed by atoms with E-state index in [1.54, 1.807) is 0 Å². The summed E-state index contributed by atoms with van der Waals surface area (Å²) < 4.78 is 6.23. The molecule has 2 atom stereocenters. The third-order valence-electron chi connectivity index (χ3n) is 3.27. The van der Waals surface area contributed by atoms with E-state index in [-0.39, 0.29) is 18.2 Å². The SMILES string of the molecule is O=C(N[C@@H](Cc1ccc(I)cc1)C(=O)O)[C@H]1CCOC1. The van der Waals surface area contributed by atoms with Crippen molar-refractivity contribution in [3.05, 3.63) is 33.4 Å². The number of carbonyl (C=O) groups excluding carboxylic acids is 1. The molecular weight excluding hydrogens is 373 g/mol. The molecule has 20 heavy (non-hydrogen) atoms. The Kier molecular flexibility index (Phi) is 5.36. The molecule has 0 aliphatic carbocycles. The van der Waals surface area contributed by atoms with Gasteiger partial charge in [0.15, 0.2) is 0 Å². The van der Waals surface area contributed by atoms with Gasteiger partial charge in [-0.25, -0.2) is 4.79 Å². The Morgan fingerprint density at radius 3 is 2.65 bits per heavy atom. The number of ether oxygens (including phenoxy) is 1. The summed E-state index contributed by atoms with van der Waals surface area (Å²) in [6.07, 6.45) is 0.938. The number of halogens is 1. The van der Waals surface area contributed by atoms with Crippen molar-refractivity contribution in [3.8, 4) is 0 Å². The number of carboxylic acid groups (broad SMARTS) is 1. The molecule has 1 saturated heterocycles. The van der Waals surface area contributed by atoms with E-state index in [0.29, 0.717) is 19.6 Å². The summed E-state index contributed by atoms with van der Waals surface area (Å²) in [5, 5.41) is 11.8. The number of carboxylic acids is 1. The molecule has 1 amide bonds. The van der Waals surface area contributed by atoms with E-state index in [4.69, 9.17) is 4.74 Å². The van der Waals surface area contributed by atoms with Gasteiger partial charge >= 0.3 is 5.97 Å². The maximum absolute atomic E-state index is 11.9. The quantitative estimate of drug-likeness (QED) is 0.748. The number of rotatable bonds is 5. The van der Waals surface area contributed by atoms with Crippen molar-refractivity contribution >= 4 is 34.5 Å². The molecule has 2 N–H and O–H groups in total. The molecule has 0 radical (unpaired) electrons. The second-order valence-corrected chi connectivity index (χ2v) is 6.04. The Labute approximate surface area is 130 Å². The van der Waals surface area contributed by atoms with Crippen LogP contribution in [0.5, 0.6) is 0 Å². The molecule has 0 saturated carbocycles. The third-order valence-corrected chi connectivity index (χ3v) is 3.99. The van der Waals surface area contributed by atoms with Crippen LogP contribution in [0.1, 0.15) is 12.0 Å². The second kappa shape index (κ2) is 7.03. The highest BCUT2D eigenvalue weighted by molar-refractivity contribution is 14.1. The fraction of sp³-hybridized carbons (Fsp3) is 0.429. The zero-order valence-electron chi connectivity index (χ0n) is 10.8. The molecule has 1 aromatic carbocycles. The van der Waals surface area contributed by atoms with E-state index in [1.807, 2.05) is 24.3 Å². The van der Waals surface area contributed by atoms with Crippen LogP contribution in [0.15, 0.2) is 24.3 Å². The van der Waals surface area contributed by atoms with Gasteiger partial charge in [-0.2, -0.15) is 0 Å². The van der Waals surface area contributed by atoms with Crippen molar-refractivity contribution < 1.29 is 19.4 Å². The Bertz CT molecular complexity index is 482. The largest absolute Gasteiger partial charge is 0.480 e. The van der Waals surface area contributed by atoms with Crippen LogP contribution in [0, 0.1) is 9.49 Å². The highest BCUT2D eigenvalue weighted by Crippen LogP contribution is 2.13. The molecule has 1 aliphatic heterocycles. The molecule has 0 aromatic heterocycles. The fourth-order valence-electron chi connectivity index (χ4n) is 2.09. The summed E-state index contributed by atoms with van der Waals surface area (Å²) >= 11 is 2.19. The summed E-state index contributed by atoms with van der Waals surface area (Å²) in [5.74, 6) is -1.48. The molecule has 0 bridgehead atoms. The van der Waals surface area contributed by atoms with Crippen molar-refractivity contribution in [2.24, 2.45) is 5.92 Å². The minimum Gasteiger partial charge on any atom is -0.480 e. The molecule has 1 aliphatic rings. The predicted octanol–water partition coefficient (Wildman–Crippen LogP) is 1.44. The number of carbonyl (C=O) groups is 2. The fourth-order valence-corrected chi connectivity index (χ4v) is 2.45. The zero-order chi connectivity index (χ0) is 14.5. The van der Waals surface area contributed by atoms with Crippen LogP contribution in [0.4, 0.5) is 0 Å². The van der Waals surface area contributed by atoms with Crippen molar-refractivity contribution in [3.63, 3.8) is 0 Å². The van der Waals surface area contributed by atoms with E-state index >= 15 is 0 Å². The Balaban J connectivity index is 1.98. The van der Waals surface area contributed by atoms with Gasteiger partial charge in [-0.1, -0.05) is 12.1 Å². The van der Waals surface area contributed by atoms with Crippen molar-refractivity contribution in [1.82, 2.24) is 5.32 Å². The Morgan fingerprint density at radius 2 is 2.10 bits per heavy atom. The number of amides is 1.